The monoisotopic (exact) mass is 469 g/mol. The zero-order valence-corrected chi connectivity index (χ0v) is 20.1. The minimum absolute atomic E-state index is 0.420. The highest BCUT2D eigenvalue weighted by atomic mass is 35.5. The smallest absolute Gasteiger partial charge is 0.250 e. The summed E-state index contributed by atoms with van der Waals surface area (Å²) in [5.41, 5.74) is 2.46. The Balaban J connectivity index is 1.32. The van der Waals surface area contributed by atoms with Gasteiger partial charge in [-0.3, -0.25) is 0 Å². The zero-order chi connectivity index (χ0) is 22.5. The number of hydrogen-bond acceptors (Lipinski definition) is 4. The first-order valence-corrected chi connectivity index (χ1v) is 11.9. The molecule has 0 N–H and O–H groups in total. The molecule has 0 spiro atoms. The molecule has 4 nitrogen and oxygen atoms in total. The van der Waals surface area contributed by atoms with Gasteiger partial charge in [0.15, 0.2) is 5.82 Å². The molecule has 0 aliphatic heterocycles. The van der Waals surface area contributed by atoms with Crippen LogP contribution in [-0.4, -0.2) is 29.1 Å². The first-order chi connectivity index (χ1) is 15.5. The van der Waals surface area contributed by atoms with Crippen molar-refractivity contribution in [2.45, 2.75) is 38.1 Å². The predicted molar refractivity (Wildman–Crippen MR) is 131 cm³/mol. The summed E-state index contributed by atoms with van der Waals surface area (Å²) in [4.78, 5) is 6.85. The summed E-state index contributed by atoms with van der Waals surface area (Å²) in [5, 5.41) is 5.62. The maximum Gasteiger partial charge on any atom is 0.250 e. The van der Waals surface area contributed by atoms with E-state index in [-0.39, 0.29) is 0 Å². The van der Waals surface area contributed by atoms with Gasteiger partial charge in [0, 0.05) is 22.5 Å². The van der Waals surface area contributed by atoms with Gasteiger partial charge in [0.2, 0.25) is 5.89 Å². The lowest BCUT2D eigenvalue weighted by atomic mass is 9.76. The summed E-state index contributed by atoms with van der Waals surface area (Å²) >= 11 is 12.0. The van der Waals surface area contributed by atoms with Crippen LogP contribution < -0.4 is 0 Å². The van der Waals surface area contributed by atoms with Crippen LogP contribution in [0.3, 0.4) is 0 Å². The van der Waals surface area contributed by atoms with Gasteiger partial charge in [-0.15, -0.1) is 0 Å². The third-order valence-corrected chi connectivity index (χ3v) is 6.81. The Labute approximate surface area is 200 Å². The summed E-state index contributed by atoms with van der Waals surface area (Å²) in [5.74, 6) is 2.45. The molecule has 2 aromatic carbocycles. The van der Waals surface area contributed by atoms with E-state index < -0.39 is 0 Å². The Morgan fingerprint density at radius 1 is 0.969 bits per heavy atom. The lowest BCUT2D eigenvalue weighted by Gasteiger charge is -2.37. The molecule has 0 bridgehead atoms. The molecule has 1 saturated carbocycles. The molecule has 1 aromatic heterocycles. The van der Waals surface area contributed by atoms with E-state index in [0.29, 0.717) is 36.0 Å². The molecule has 0 saturated heterocycles. The van der Waals surface area contributed by atoms with Gasteiger partial charge < -0.3 is 9.42 Å². The van der Waals surface area contributed by atoms with Crippen LogP contribution in [0.15, 0.2) is 59.1 Å². The van der Waals surface area contributed by atoms with Gasteiger partial charge in [0.25, 0.3) is 0 Å². The number of allylic oxidation sites excluding steroid dienone is 1. The second kappa shape index (κ2) is 10.7. The van der Waals surface area contributed by atoms with E-state index in [1.807, 2.05) is 42.5 Å². The van der Waals surface area contributed by atoms with Crippen molar-refractivity contribution in [3.8, 4) is 0 Å². The summed E-state index contributed by atoms with van der Waals surface area (Å²) in [6.07, 6.45) is 9.60. The molecule has 1 aliphatic rings. The summed E-state index contributed by atoms with van der Waals surface area (Å²) < 4.78 is 5.42. The highest BCUT2D eigenvalue weighted by Crippen LogP contribution is 2.40. The molecule has 32 heavy (non-hydrogen) atoms. The van der Waals surface area contributed by atoms with Crippen LogP contribution >= 0.6 is 23.2 Å². The van der Waals surface area contributed by atoms with Crippen molar-refractivity contribution in [1.82, 2.24) is 15.0 Å². The van der Waals surface area contributed by atoms with E-state index in [1.54, 1.807) is 0 Å². The number of benzene rings is 2. The maximum absolute atomic E-state index is 6.09. The SMILES string of the molecule is CN(C)C(c1ccc(Cl)cc1)C1CCC(/C=C/c2nc(Cc3ccc(Cl)cc3)no2)CC1. The highest BCUT2D eigenvalue weighted by molar-refractivity contribution is 6.30. The maximum atomic E-state index is 6.09. The van der Waals surface area contributed by atoms with Gasteiger partial charge in [0.1, 0.15) is 0 Å². The number of rotatable bonds is 7. The van der Waals surface area contributed by atoms with Crippen LogP contribution in [0.2, 0.25) is 10.0 Å². The van der Waals surface area contributed by atoms with Crippen LogP contribution in [0.5, 0.6) is 0 Å². The number of nitrogens with zero attached hydrogens (tertiary/aromatic N) is 3. The molecular formula is C26H29Cl2N3O. The molecular weight excluding hydrogens is 441 g/mol. The molecule has 168 valence electrons. The van der Waals surface area contributed by atoms with Crippen molar-refractivity contribution in [3.63, 3.8) is 0 Å². The van der Waals surface area contributed by atoms with Crippen molar-refractivity contribution in [3.05, 3.63) is 87.5 Å². The minimum atomic E-state index is 0.420. The predicted octanol–water partition coefficient (Wildman–Crippen LogP) is 7.09. The van der Waals surface area contributed by atoms with Crippen LogP contribution in [0.1, 0.15) is 54.6 Å². The largest absolute Gasteiger partial charge is 0.335 e. The van der Waals surface area contributed by atoms with E-state index in [1.165, 1.54) is 31.2 Å². The van der Waals surface area contributed by atoms with Crippen molar-refractivity contribution in [2.24, 2.45) is 11.8 Å². The van der Waals surface area contributed by atoms with Crippen LogP contribution in [0, 0.1) is 11.8 Å². The zero-order valence-electron chi connectivity index (χ0n) is 18.5. The fourth-order valence-electron chi connectivity index (χ4n) is 4.72. The highest BCUT2D eigenvalue weighted by Gasteiger charge is 2.29. The summed E-state index contributed by atoms with van der Waals surface area (Å²) in [6, 6.07) is 16.5. The van der Waals surface area contributed by atoms with Crippen LogP contribution in [0.25, 0.3) is 6.08 Å². The number of aromatic nitrogens is 2. The Bertz CT molecular complexity index is 1020. The molecule has 1 heterocycles. The van der Waals surface area contributed by atoms with Gasteiger partial charge >= 0.3 is 0 Å². The third-order valence-electron chi connectivity index (χ3n) is 6.30. The molecule has 1 fully saturated rings. The molecule has 1 aliphatic carbocycles. The first kappa shape index (κ1) is 23.0. The quantitative estimate of drug-likeness (QED) is 0.370. The van der Waals surface area contributed by atoms with Gasteiger partial charge in [0.05, 0.1) is 0 Å². The van der Waals surface area contributed by atoms with E-state index in [2.05, 4.69) is 47.3 Å². The molecule has 6 heteroatoms. The fourth-order valence-corrected chi connectivity index (χ4v) is 4.97. The Morgan fingerprint density at radius 3 is 2.22 bits per heavy atom. The summed E-state index contributed by atoms with van der Waals surface area (Å²) in [6.45, 7) is 0. The van der Waals surface area contributed by atoms with E-state index in [9.17, 15) is 0 Å². The molecule has 1 unspecified atom stereocenters. The van der Waals surface area contributed by atoms with Crippen LogP contribution in [-0.2, 0) is 6.42 Å². The molecule has 3 aromatic rings. The standard InChI is InChI=1S/C26H29Cl2N3O/c1-31(2)26(21-10-14-23(28)15-11-21)20-8-3-18(4-9-20)7-16-25-29-24(30-32-25)17-19-5-12-22(27)13-6-19/h5-7,10-16,18,20,26H,3-4,8-9,17H2,1-2H3/b16-7+. The van der Waals surface area contributed by atoms with E-state index in [4.69, 9.17) is 27.7 Å². The Kier molecular flexibility index (Phi) is 7.67. The Morgan fingerprint density at radius 2 is 1.59 bits per heavy atom. The molecule has 4 rings (SSSR count). The van der Waals surface area contributed by atoms with Gasteiger partial charge in [-0.1, -0.05) is 58.7 Å². The van der Waals surface area contributed by atoms with Crippen molar-refractivity contribution in [1.29, 1.82) is 0 Å². The second-order valence-electron chi connectivity index (χ2n) is 8.85. The van der Waals surface area contributed by atoms with Gasteiger partial charge in [-0.2, -0.15) is 4.98 Å². The molecule has 0 amide bonds. The van der Waals surface area contributed by atoms with Crippen molar-refractivity contribution >= 4 is 29.3 Å². The number of halogens is 2. The van der Waals surface area contributed by atoms with Gasteiger partial charge in [-0.05, 0) is 93.1 Å². The topological polar surface area (TPSA) is 42.2 Å². The van der Waals surface area contributed by atoms with Crippen molar-refractivity contribution < 1.29 is 4.52 Å². The van der Waals surface area contributed by atoms with Gasteiger partial charge in [-0.25, -0.2) is 0 Å². The lowest BCUT2D eigenvalue weighted by Crippen LogP contribution is -2.30. The van der Waals surface area contributed by atoms with E-state index in [0.717, 1.165) is 15.6 Å². The molecule has 0 radical (unpaired) electrons. The third kappa shape index (κ3) is 6.00. The fraction of sp³-hybridized carbons (Fsp3) is 0.385. The first-order valence-electron chi connectivity index (χ1n) is 11.1. The average Bonchev–Trinajstić information content (AvgIpc) is 3.23. The van der Waals surface area contributed by atoms with E-state index >= 15 is 0 Å². The second-order valence-corrected chi connectivity index (χ2v) is 9.72. The average molecular weight is 470 g/mol. The minimum Gasteiger partial charge on any atom is -0.335 e. The molecule has 1 atom stereocenters. The Hall–Kier alpha value is -2.14. The lowest BCUT2D eigenvalue weighted by molar-refractivity contribution is 0.159. The normalized spacial score (nSPS) is 20.2. The van der Waals surface area contributed by atoms with Crippen LogP contribution in [0.4, 0.5) is 0 Å². The van der Waals surface area contributed by atoms with Crippen molar-refractivity contribution in [2.75, 3.05) is 14.1 Å². The number of hydrogen-bond donors (Lipinski definition) is 0. The summed E-state index contributed by atoms with van der Waals surface area (Å²) in [7, 11) is 4.34.